The summed E-state index contributed by atoms with van der Waals surface area (Å²) in [6.07, 6.45) is 0.706. The summed E-state index contributed by atoms with van der Waals surface area (Å²) in [7, 11) is 0. The predicted molar refractivity (Wildman–Crippen MR) is 64.4 cm³/mol. The minimum atomic E-state index is -0.474. The lowest BCUT2D eigenvalue weighted by Gasteiger charge is -2.05. The maximum atomic E-state index is 12.9. The molecule has 2 amide bonds. The number of carbonyl (C=O) groups is 2. The summed E-state index contributed by atoms with van der Waals surface area (Å²) in [5, 5.41) is 2.60. The number of nitrogens with one attached hydrogen (secondary N) is 1. The number of hydrogen-bond donors (Lipinski definition) is 3. The molecular weight excluding hydrogens is 243 g/mol. The standard InChI is InChI=1S/C11H13FN2O2S/c12-8-4-3-7(6-9(8)17)11(16)14-5-1-2-10(13)15/h3-4,6,17H,1-2,5H2,(H2,13,15)(H,14,16). The SMILES string of the molecule is NC(=O)CCCNC(=O)c1ccc(F)c(S)c1. The van der Waals surface area contributed by atoms with Crippen LogP contribution in [0.2, 0.25) is 0 Å². The third-order valence-electron chi connectivity index (χ3n) is 2.09. The highest BCUT2D eigenvalue weighted by Crippen LogP contribution is 2.13. The summed E-state index contributed by atoms with van der Waals surface area (Å²) < 4.78 is 12.9. The monoisotopic (exact) mass is 256 g/mol. The molecule has 0 radical (unpaired) electrons. The Labute approximate surface area is 104 Å². The Morgan fingerprint density at radius 1 is 1.41 bits per heavy atom. The van der Waals surface area contributed by atoms with Crippen molar-refractivity contribution < 1.29 is 14.0 Å². The number of carbonyl (C=O) groups excluding carboxylic acids is 2. The van der Waals surface area contributed by atoms with Crippen LogP contribution in [0.15, 0.2) is 23.1 Å². The van der Waals surface area contributed by atoms with E-state index in [1.807, 2.05) is 0 Å². The van der Waals surface area contributed by atoms with Gasteiger partial charge in [-0.2, -0.15) is 0 Å². The van der Waals surface area contributed by atoms with E-state index in [-0.39, 0.29) is 17.2 Å². The Morgan fingerprint density at radius 2 is 2.12 bits per heavy atom. The summed E-state index contributed by atoms with van der Waals surface area (Å²) in [4.78, 5) is 22.1. The molecule has 1 aromatic rings. The van der Waals surface area contributed by atoms with Crippen molar-refractivity contribution >= 4 is 24.4 Å². The second kappa shape index (κ2) is 6.24. The van der Waals surface area contributed by atoms with Gasteiger partial charge in [0.1, 0.15) is 5.82 Å². The zero-order valence-electron chi connectivity index (χ0n) is 9.07. The van der Waals surface area contributed by atoms with E-state index in [2.05, 4.69) is 17.9 Å². The summed E-state index contributed by atoms with van der Waals surface area (Å²) in [5.41, 5.74) is 5.28. The molecule has 6 heteroatoms. The van der Waals surface area contributed by atoms with E-state index in [1.165, 1.54) is 18.2 Å². The molecule has 0 unspecified atom stereocenters. The fourth-order valence-electron chi connectivity index (χ4n) is 1.22. The molecule has 0 atom stereocenters. The molecule has 1 aromatic carbocycles. The van der Waals surface area contributed by atoms with Gasteiger partial charge in [-0.1, -0.05) is 0 Å². The van der Waals surface area contributed by atoms with Crippen molar-refractivity contribution in [3.63, 3.8) is 0 Å². The normalized spacial score (nSPS) is 10.0. The van der Waals surface area contributed by atoms with Gasteiger partial charge in [0.05, 0.1) is 0 Å². The number of thiol groups is 1. The lowest BCUT2D eigenvalue weighted by Crippen LogP contribution is -2.25. The van der Waals surface area contributed by atoms with E-state index >= 15 is 0 Å². The van der Waals surface area contributed by atoms with Crippen LogP contribution in [-0.4, -0.2) is 18.4 Å². The van der Waals surface area contributed by atoms with Gasteiger partial charge in [0, 0.05) is 23.4 Å². The second-order valence-corrected chi connectivity index (χ2v) is 3.97. The molecule has 0 saturated carbocycles. The number of halogens is 1. The first-order valence-corrected chi connectivity index (χ1v) is 5.50. The Kier molecular flexibility index (Phi) is 4.96. The minimum Gasteiger partial charge on any atom is -0.370 e. The van der Waals surface area contributed by atoms with Gasteiger partial charge in [-0.15, -0.1) is 12.6 Å². The van der Waals surface area contributed by atoms with E-state index in [9.17, 15) is 14.0 Å². The van der Waals surface area contributed by atoms with Crippen LogP contribution in [0, 0.1) is 5.82 Å². The molecule has 0 aliphatic rings. The molecule has 0 saturated heterocycles. The van der Waals surface area contributed by atoms with Crippen molar-refractivity contribution in [1.82, 2.24) is 5.32 Å². The Hall–Kier alpha value is -1.56. The molecule has 3 N–H and O–H groups in total. The smallest absolute Gasteiger partial charge is 0.251 e. The van der Waals surface area contributed by atoms with Crippen LogP contribution in [0.25, 0.3) is 0 Å². The van der Waals surface area contributed by atoms with Crippen LogP contribution < -0.4 is 11.1 Å². The molecule has 0 aromatic heterocycles. The largest absolute Gasteiger partial charge is 0.370 e. The van der Waals surface area contributed by atoms with Crippen molar-refractivity contribution in [3.05, 3.63) is 29.6 Å². The average molecular weight is 256 g/mol. The molecule has 0 heterocycles. The van der Waals surface area contributed by atoms with Crippen LogP contribution in [0.4, 0.5) is 4.39 Å². The van der Waals surface area contributed by atoms with Crippen molar-refractivity contribution in [3.8, 4) is 0 Å². The number of rotatable bonds is 5. The van der Waals surface area contributed by atoms with E-state index in [0.717, 1.165) is 0 Å². The van der Waals surface area contributed by atoms with E-state index in [4.69, 9.17) is 5.73 Å². The molecule has 17 heavy (non-hydrogen) atoms. The number of primary amides is 1. The summed E-state index contributed by atoms with van der Waals surface area (Å²) >= 11 is 3.88. The average Bonchev–Trinajstić information content (AvgIpc) is 2.27. The molecular formula is C11H13FN2O2S. The van der Waals surface area contributed by atoms with Gasteiger partial charge in [-0.05, 0) is 24.6 Å². The second-order valence-electron chi connectivity index (χ2n) is 3.49. The predicted octanol–water partition coefficient (Wildman–Crippen LogP) is 1.11. The number of amides is 2. The topological polar surface area (TPSA) is 72.2 Å². The minimum absolute atomic E-state index is 0.120. The molecule has 0 fully saturated rings. The summed E-state index contributed by atoms with van der Waals surface area (Å²) in [6.45, 7) is 0.348. The summed E-state index contributed by atoms with van der Waals surface area (Å²) in [5.74, 6) is -1.21. The molecule has 0 spiro atoms. The van der Waals surface area contributed by atoms with Crippen LogP contribution in [0.1, 0.15) is 23.2 Å². The highest BCUT2D eigenvalue weighted by Gasteiger charge is 2.07. The first kappa shape index (κ1) is 13.5. The maximum Gasteiger partial charge on any atom is 0.251 e. The highest BCUT2D eigenvalue weighted by molar-refractivity contribution is 7.80. The number of nitrogens with two attached hydrogens (primary N) is 1. The van der Waals surface area contributed by atoms with Gasteiger partial charge >= 0.3 is 0 Å². The van der Waals surface area contributed by atoms with Crippen LogP contribution in [0.3, 0.4) is 0 Å². The lowest BCUT2D eigenvalue weighted by atomic mass is 10.2. The third-order valence-corrected chi connectivity index (χ3v) is 2.44. The maximum absolute atomic E-state index is 12.9. The van der Waals surface area contributed by atoms with Crippen molar-refractivity contribution in [2.45, 2.75) is 17.7 Å². The first-order chi connectivity index (χ1) is 8.00. The quantitative estimate of drug-likeness (QED) is 0.545. The molecule has 0 aliphatic heterocycles. The Balaban J connectivity index is 2.47. The van der Waals surface area contributed by atoms with E-state index in [1.54, 1.807) is 0 Å². The number of hydrogen-bond acceptors (Lipinski definition) is 3. The third kappa shape index (κ3) is 4.44. The molecule has 92 valence electrons. The van der Waals surface area contributed by atoms with Crippen molar-refractivity contribution in [1.29, 1.82) is 0 Å². The Bertz CT molecular complexity index is 437. The van der Waals surface area contributed by atoms with Crippen LogP contribution in [0.5, 0.6) is 0 Å². The van der Waals surface area contributed by atoms with Gasteiger partial charge in [-0.3, -0.25) is 9.59 Å². The fraction of sp³-hybridized carbons (Fsp3) is 0.273. The van der Waals surface area contributed by atoms with Crippen LogP contribution >= 0.6 is 12.6 Å². The fourth-order valence-corrected chi connectivity index (χ4v) is 1.43. The van der Waals surface area contributed by atoms with Crippen LogP contribution in [-0.2, 0) is 4.79 Å². The lowest BCUT2D eigenvalue weighted by molar-refractivity contribution is -0.118. The van der Waals surface area contributed by atoms with Gasteiger partial charge in [0.2, 0.25) is 5.91 Å². The van der Waals surface area contributed by atoms with E-state index < -0.39 is 11.7 Å². The Morgan fingerprint density at radius 3 is 2.71 bits per heavy atom. The molecule has 4 nitrogen and oxygen atoms in total. The van der Waals surface area contributed by atoms with Gasteiger partial charge in [0.15, 0.2) is 0 Å². The molecule has 0 bridgehead atoms. The number of benzene rings is 1. The van der Waals surface area contributed by atoms with Gasteiger partial charge < -0.3 is 11.1 Å². The highest BCUT2D eigenvalue weighted by atomic mass is 32.1. The molecule has 1 rings (SSSR count). The van der Waals surface area contributed by atoms with Gasteiger partial charge in [-0.25, -0.2) is 4.39 Å². The summed E-state index contributed by atoms with van der Waals surface area (Å²) in [6, 6.07) is 3.90. The van der Waals surface area contributed by atoms with Crippen molar-refractivity contribution in [2.24, 2.45) is 5.73 Å². The molecule has 0 aliphatic carbocycles. The van der Waals surface area contributed by atoms with E-state index in [0.29, 0.717) is 18.5 Å². The van der Waals surface area contributed by atoms with Gasteiger partial charge in [0.25, 0.3) is 5.91 Å². The zero-order valence-corrected chi connectivity index (χ0v) is 9.97. The zero-order chi connectivity index (χ0) is 12.8. The van der Waals surface area contributed by atoms with Crippen molar-refractivity contribution in [2.75, 3.05) is 6.54 Å². The first-order valence-electron chi connectivity index (χ1n) is 5.05.